The summed E-state index contributed by atoms with van der Waals surface area (Å²) >= 11 is 1.60. The third-order valence-electron chi connectivity index (χ3n) is 3.84. The van der Waals surface area contributed by atoms with E-state index in [1.807, 2.05) is 42.7 Å². The second-order valence-corrected chi connectivity index (χ2v) is 6.11. The molecule has 5 heteroatoms. The molecular formula is C18H17NO3S. The standard InChI is InChI=1S/C18H17NO3S/c1-23-15-8-6-14(7-9-15)18(21)22-12-17(20)19-11-10-13-4-2-3-5-16(13)19/h2-9H,10-12H2,1H3. The Morgan fingerprint density at radius 2 is 1.87 bits per heavy atom. The van der Waals surface area contributed by atoms with Gasteiger partial charge in [0.2, 0.25) is 0 Å². The van der Waals surface area contributed by atoms with Crippen LogP contribution in [0, 0.1) is 0 Å². The van der Waals surface area contributed by atoms with Crippen molar-refractivity contribution in [3.05, 3.63) is 59.7 Å². The van der Waals surface area contributed by atoms with Crippen LogP contribution in [0.1, 0.15) is 15.9 Å². The van der Waals surface area contributed by atoms with Crippen molar-refractivity contribution >= 4 is 29.3 Å². The Kier molecular flexibility index (Phi) is 4.67. The molecule has 0 spiro atoms. The number of hydrogen-bond acceptors (Lipinski definition) is 4. The summed E-state index contributed by atoms with van der Waals surface area (Å²) in [6, 6.07) is 15.0. The molecule has 0 bridgehead atoms. The molecule has 0 aromatic heterocycles. The average molecular weight is 327 g/mol. The van der Waals surface area contributed by atoms with Crippen molar-refractivity contribution in [2.24, 2.45) is 0 Å². The van der Waals surface area contributed by atoms with E-state index in [9.17, 15) is 9.59 Å². The van der Waals surface area contributed by atoms with E-state index < -0.39 is 5.97 Å². The first-order valence-electron chi connectivity index (χ1n) is 7.38. The van der Waals surface area contributed by atoms with Gasteiger partial charge in [-0.05, 0) is 48.6 Å². The van der Waals surface area contributed by atoms with Gasteiger partial charge in [0.15, 0.2) is 6.61 Å². The quantitative estimate of drug-likeness (QED) is 0.639. The van der Waals surface area contributed by atoms with Crippen LogP contribution < -0.4 is 4.90 Å². The minimum absolute atomic E-state index is 0.191. The Bertz CT molecular complexity index is 727. The Labute approximate surface area is 139 Å². The Morgan fingerprint density at radius 1 is 1.13 bits per heavy atom. The van der Waals surface area contributed by atoms with Crippen molar-refractivity contribution in [1.29, 1.82) is 0 Å². The number of benzene rings is 2. The van der Waals surface area contributed by atoms with Crippen molar-refractivity contribution in [1.82, 2.24) is 0 Å². The Hall–Kier alpha value is -2.27. The molecule has 0 radical (unpaired) electrons. The molecule has 23 heavy (non-hydrogen) atoms. The maximum absolute atomic E-state index is 12.3. The number of rotatable bonds is 4. The predicted molar refractivity (Wildman–Crippen MR) is 91.0 cm³/mol. The van der Waals surface area contributed by atoms with Crippen LogP contribution in [0.4, 0.5) is 5.69 Å². The number of amides is 1. The van der Waals surface area contributed by atoms with Gasteiger partial charge in [0.1, 0.15) is 0 Å². The number of thioether (sulfide) groups is 1. The van der Waals surface area contributed by atoms with Crippen LogP contribution in [0.25, 0.3) is 0 Å². The molecule has 0 fully saturated rings. The van der Waals surface area contributed by atoms with Crippen molar-refractivity contribution in [3.8, 4) is 0 Å². The van der Waals surface area contributed by atoms with Gasteiger partial charge in [-0.2, -0.15) is 0 Å². The molecule has 0 saturated heterocycles. The summed E-state index contributed by atoms with van der Waals surface area (Å²) in [4.78, 5) is 27.1. The molecule has 1 amide bonds. The number of fused-ring (bicyclic) bond motifs is 1. The van der Waals surface area contributed by atoms with Crippen LogP contribution >= 0.6 is 11.8 Å². The highest BCUT2D eigenvalue weighted by molar-refractivity contribution is 7.98. The number of ether oxygens (including phenoxy) is 1. The Morgan fingerprint density at radius 3 is 2.61 bits per heavy atom. The second-order valence-electron chi connectivity index (χ2n) is 5.23. The molecule has 1 heterocycles. The minimum Gasteiger partial charge on any atom is -0.452 e. The highest BCUT2D eigenvalue weighted by Gasteiger charge is 2.24. The number of nitrogens with zero attached hydrogens (tertiary/aromatic N) is 1. The average Bonchev–Trinajstić information content (AvgIpc) is 3.03. The highest BCUT2D eigenvalue weighted by atomic mass is 32.2. The lowest BCUT2D eigenvalue weighted by Crippen LogP contribution is -2.33. The zero-order chi connectivity index (χ0) is 16.2. The number of para-hydroxylation sites is 1. The first-order chi connectivity index (χ1) is 11.2. The normalized spacial score (nSPS) is 12.8. The van der Waals surface area contributed by atoms with Crippen LogP contribution in [0.2, 0.25) is 0 Å². The molecule has 3 rings (SSSR count). The largest absolute Gasteiger partial charge is 0.452 e. The zero-order valence-corrected chi connectivity index (χ0v) is 13.6. The number of carbonyl (C=O) groups is 2. The molecule has 2 aromatic carbocycles. The third kappa shape index (κ3) is 3.40. The summed E-state index contributed by atoms with van der Waals surface area (Å²) in [7, 11) is 0. The Balaban J connectivity index is 1.60. The van der Waals surface area contributed by atoms with Gasteiger partial charge in [-0.25, -0.2) is 4.79 Å². The lowest BCUT2D eigenvalue weighted by molar-refractivity contribution is -0.121. The third-order valence-corrected chi connectivity index (χ3v) is 4.58. The number of anilines is 1. The van der Waals surface area contributed by atoms with E-state index >= 15 is 0 Å². The fourth-order valence-corrected chi connectivity index (χ4v) is 3.02. The molecule has 0 unspecified atom stereocenters. The van der Waals surface area contributed by atoms with Crippen LogP contribution in [-0.4, -0.2) is 31.3 Å². The van der Waals surface area contributed by atoms with E-state index in [1.54, 1.807) is 28.8 Å². The van der Waals surface area contributed by atoms with Crippen LogP contribution in [-0.2, 0) is 16.0 Å². The number of hydrogen-bond donors (Lipinski definition) is 0. The molecule has 0 atom stereocenters. The van der Waals surface area contributed by atoms with E-state index in [1.165, 1.54) is 0 Å². The minimum atomic E-state index is -0.474. The zero-order valence-electron chi connectivity index (χ0n) is 12.8. The van der Waals surface area contributed by atoms with Gasteiger partial charge in [0.25, 0.3) is 5.91 Å². The molecule has 2 aromatic rings. The van der Waals surface area contributed by atoms with Crippen LogP contribution in [0.3, 0.4) is 0 Å². The van der Waals surface area contributed by atoms with E-state index in [4.69, 9.17) is 4.74 Å². The summed E-state index contributed by atoms with van der Waals surface area (Å²) in [6.45, 7) is 0.398. The van der Waals surface area contributed by atoms with Gasteiger partial charge in [-0.1, -0.05) is 18.2 Å². The lowest BCUT2D eigenvalue weighted by atomic mass is 10.2. The summed E-state index contributed by atoms with van der Waals surface area (Å²) in [5, 5.41) is 0. The number of esters is 1. The predicted octanol–water partition coefficient (Wildman–Crippen LogP) is 3.15. The van der Waals surface area contributed by atoms with E-state index in [0.29, 0.717) is 12.1 Å². The van der Waals surface area contributed by atoms with Crippen molar-refractivity contribution < 1.29 is 14.3 Å². The van der Waals surface area contributed by atoms with Gasteiger partial charge in [0, 0.05) is 17.1 Å². The molecule has 1 aliphatic heterocycles. The molecular weight excluding hydrogens is 310 g/mol. The summed E-state index contributed by atoms with van der Waals surface area (Å²) in [6.07, 6.45) is 2.81. The first-order valence-corrected chi connectivity index (χ1v) is 8.61. The van der Waals surface area contributed by atoms with Gasteiger partial charge >= 0.3 is 5.97 Å². The monoisotopic (exact) mass is 327 g/mol. The topological polar surface area (TPSA) is 46.6 Å². The van der Waals surface area contributed by atoms with E-state index in [2.05, 4.69) is 0 Å². The molecule has 0 saturated carbocycles. The fourth-order valence-electron chi connectivity index (χ4n) is 2.61. The smallest absolute Gasteiger partial charge is 0.338 e. The second kappa shape index (κ2) is 6.87. The first kappa shape index (κ1) is 15.6. The molecule has 0 aliphatic carbocycles. The molecule has 4 nitrogen and oxygen atoms in total. The van der Waals surface area contributed by atoms with Gasteiger partial charge in [-0.15, -0.1) is 11.8 Å². The molecule has 118 valence electrons. The molecule has 1 aliphatic rings. The maximum atomic E-state index is 12.3. The van der Waals surface area contributed by atoms with Gasteiger partial charge in [0.05, 0.1) is 5.56 Å². The fraction of sp³-hybridized carbons (Fsp3) is 0.222. The van der Waals surface area contributed by atoms with Crippen molar-refractivity contribution in [2.75, 3.05) is 24.3 Å². The van der Waals surface area contributed by atoms with Gasteiger partial charge in [-0.3, -0.25) is 4.79 Å². The lowest BCUT2D eigenvalue weighted by Gasteiger charge is -2.17. The summed E-state index contributed by atoms with van der Waals surface area (Å²) < 4.78 is 5.15. The summed E-state index contributed by atoms with van der Waals surface area (Å²) in [5.41, 5.74) is 2.52. The maximum Gasteiger partial charge on any atom is 0.338 e. The van der Waals surface area contributed by atoms with Gasteiger partial charge < -0.3 is 9.64 Å². The van der Waals surface area contributed by atoms with E-state index in [0.717, 1.165) is 22.6 Å². The number of carbonyl (C=O) groups excluding carboxylic acids is 2. The highest BCUT2D eigenvalue weighted by Crippen LogP contribution is 2.27. The van der Waals surface area contributed by atoms with E-state index in [-0.39, 0.29) is 12.5 Å². The van der Waals surface area contributed by atoms with Crippen molar-refractivity contribution in [3.63, 3.8) is 0 Å². The van der Waals surface area contributed by atoms with Crippen LogP contribution in [0.15, 0.2) is 53.4 Å². The molecule has 0 N–H and O–H groups in total. The van der Waals surface area contributed by atoms with Crippen molar-refractivity contribution in [2.45, 2.75) is 11.3 Å². The SMILES string of the molecule is CSc1ccc(C(=O)OCC(=O)N2CCc3ccccc32)cc1. The van der Waals surface area contributed by atoms with Crippen LogP contribution in [0.5, 0.6) is 0 Å². The summed E-state index contributed by atoms with van der Waals surface area (Å²) in [5.74, 6) is -0.664.